The molecule has 2 amide bonds. The van der Waals surface area contributed by atoms with E-state index in [1.54, 1.807) is 42.5 Å². The molecule has 3 aromatic rings. The Hall–Kier alpha value is -4.51. The maximum atomic E-state index is 13.6. The average molecular weight is 430 g/mol. The van der Waals surface area contributed by atoms with E-state index in [4.69, 9.17) is 4.74 Å². The Balaban J connectivity index is 1.55. The zero-order valence-electron chi connectivity index (χ0n) is 16.9. The van der Waals surface area contributed by atoms with Crippen molar-refractivity contribution in [2.24, 2.45) is 5.10 Å². The third-order valence-corrected chi connectivity index (χ3v) is 4.30. The molecule has 8 heteroatoms. The van der Waals surface area contributed by atoms with Crippen LogP contribution >= 0.6 is 0 Å². The minimum atomic E-state index is -0.664. The van der Waals surface area contributed by atoms with E-state index >= 15 is 0 Å². The highest BCUT2D eigenvalue weighted by Gasteiger charge is 2.11. The van der Waals surface area contributed by atoms with Crippen LogP contribution in [-0.4, -0.2) is 18.0 Å². The lowest BCUT2D eigenvalue weighted by molar-refractivity contribution is -0.126. The van der Waals surface area contributed by atoms with Gasteiger partial charge in [0.1, 0.15) is 24.6 Å². The van der Waals surface area contributed by atoms with Gasteiger partial charge in [-0.05, 0) is 30.3 Å². The SMILES string of the molecule is N#Cc1ccccc1COc1ccccc1C=NNC(=O)CC(=O)Nc1ccccc1F. The molecule has 0 bridgehead atoms. The maximum absolute atomic E-state index is 13.6. The van der Waals surface area contributed by atoms with E-state index in [1.165, 1.54) is 24.4 Å². The quantitative estimate of drug-likeness (QED) is 0.323. The van der Waals surface area contributed by atoms with E-state index in [0.29, 0.717) is 16.9 Å². The number of hydrazone groups is 1. The number of ether oxygens (including phenoxy) is 1. The molecule has 32 heavy (non-hydrogen) atoms. The first kappa shape index (κ1) is 22.2. The molecule has 0 unspecified atom stereocenters. The van der Waals surface area contributed by atoms with Crippen molar-refractivity contribution in [1.29, 1.82) is 5.26 Å². The fourth-order valence-electron chi connectivity index (χ4n) is 2.75. The summed E-state index contributed by atoms with van der Waals surface area (Å²) in [5.74, 6) is -1.40. The number of carbonyl (C=O) groups is 2. The number of nitrogens with zero attached hydrogens (tertiary/aromatic N) is 2. The van der Waals surface area contributed by atoms with Crippen molar-refractivity contribution in [1.82, 2.24) is 5.43 Å². The normalized spacial score (nSPS) is 10.4. The van der Waals surface area contributed by atoms with Gasteiger partial charge in [0.05, 0.1) is 23.5 Å². The zero-order chi connectivity index (χ0) is 22.8. The lowest BCUT2D eigenvalue weighted by Gasteiger charge is -2.10. The number of carbonyl (C=O) groups excluding carboxylic acids is 2. The molecule has 0 saturated carbocycles. The number of nitriles is 1. The second-order valence-corrected chi connectivity index (χ2v) is 6.59. The van der Waals surface area contributed by atoms with E-state index in [0.717, 1.165) is 5.56 Å². The molecule has 0 heterocycles. The van der Waals surface area contributed by atoms with Crippen molar-refractivity contribution in [3.8, 4) is 11.8 Å². The van der Waals surface area contributed by atoms with Gasteiger partial charge in [-0.15, -0.1) is 0 Å². The summed E-state index contributed by atoms with van der Waals surface area (Å²) in [6, 6.07) is 22.0. The van der Waals surface area contributed by atoms with E-state index in [9.17, 15) is 19.2 Å². The molecule has 0 fully saturated rings. The van der Waals surface area contributed by atoms with Crippen LogP contribution in [0.25, 0.3) is 0 Å². The van der Waals surface area contributed by atoms with Gasteiger partial charge in [-0.2, -0.15) is 10.4 Å². The number of hydrogen-bond donors (Lipinski definition) is 2. The topological polar surface area (TPSA) is 104 Å². The molecule has 0 aromatic heterocycles. The minimum Gasteiger partial charge on any atom is -0.488 e. The molecule has 7 nitrogen and oxygen atoms in total. The summed E-state index contributed by atoms with van der Waals surface area (Å²) in [5.41, 5.74) is 4.13. The number of hydrogen-bond acceptors (Lipinski definition) is 5. The number of nitrogens with one attached hydrogen (secondary N) is 2. The first-order valence-electron chi connectivity index (χ1n) is 9.63. The Morgan fingerprint density at radius 2 is 1.72 bits per heavy atom. The van der Waals surface area contributed by atoms with Gasteiger partial charge in [0, 0.05) is 11.1 Å². The summed E-state index contributed by atoms with van der Waals surface area (Å²) >= 11 is 0. The molecule has 0 radical (unpaired) electrons. The number of para-hydroxylation sites is 2. The van der Waals surface area contributed by atoms with E-state index in [1.807, 2.05) is 12.1 Å². The van der Waals surface area contributed by atoms with Crippen molar-refractivity contribution < 1.29 is 18.7 Å². The van der Waals surface area contributed by atoms with Crippen molar-refractivity contribution in [2.45, 2.75) is 13.0 Å². The standard InChI is InChI=1S/C24H19FN4O3/c25-20-10-4-5-11-21(20)28-23(30)13-24(31)29-27-15-18-8-3-6-12-22(18)32-16-19-9-2-1-7-17(19)14-26/h1-12,15H,13,16H2,(H,28,30)(H,29,31). The van der Waals surface area contributed by atoms with Crippen molar-refractivity contribution >= 4 is 23.7 Å². The molecule has 3 aromatic carbocycles. The highest BCUT2D eigenvalue weighted by molar-refractivity contribution is 6.03. The van der Waals surface area contributed by atoms with Crippen LogP contribution in [0.15, 0.2) is 77.9 Å². The molecule has 160 valence electrons. The summed E-state index contributed by atoms with van der Waals surface area (Å²) in [7, 11) is 0. The van der Waals surface area contributed by atoms with Crippen LogP contribution in [-0.2, 0) is 16.2 Å². The van der Waals surface area contributed by atoms with E-state index in [2.05, 4.69) is 21.9 Å². The summed E-state index contributed by atoms with van der Waals surface area (Å²) in [6.45, 7) is 0.192. The van der Waals surface area contributed by atoms with E-state index in [-0.39, 0.29) is 12.3 Å². The largest absolute Gasteiger partial charge is 0.488 e. The molecular formula is C24H19FN4O3. The molecule has 0 aliphatic rings. The monoisotopic (exact) mass is 430 g/mol. The average Bonchev–Trinajstić information content (AvgIpc) is 2.80. The number of rotatable bonds is 8. The Morgan fingerprint density at radius 1 is 1.00 bits per heavy atom. The first-order chi connectivity index (χ1) is 15.6. The molecule has 0 spiro atoms. The van der Waals surface area contributed by atoms with Gasteiger partial charge in [-0.25, -0.2) is 9.82 Å². The Bertz CT molecular complexity index is 1190. The number of benzene rings is 3. The molecule has 0 saturated heterocycles. The summed E-state index contributed by atoms with van der Waals surface area (Å²) in [5, 5.41) is 15.4. The fourth-order valence-corrected chi connectivity index (χ4v) is 2.75. The number of amides is 2. The van der Waals surface area contributed by atoms with Crippen molar-refractivity contribution in [3.63, 3.8) is 0 Å². The summed E-state index contributed by atoms with van der Waals surface area (Å²) in [4.78, 5) is 23.8. The van der Waals surface area contributed by atoms with Crippen molar-refractivity contribution in [3.05, 3.63) is 95.3 Å². The molecule has 0 aliphatic carbocycles. The predicted molar refractivity (Wildman–Crippen MR) is 117 cm³/mol. The van der Waals surface area contributed by atoms with Crippen LogP contribution < -0.4 is 15.5 Å². The third-order valence-electron chi connectivity index (χ3n) is 4.30. The van der Waals surface area contributed by atoms with Crippen LogP contribution in [0, 0.1) is 17.1 Å². The van der Waals surface area contributed by atoms with Crippen LogP contribution in [0.3, 0.4) is 0 Å². The highest BCUT2D eigenvalue weighted by Crippen LogP contribution is 2.19. The van der Waals surface area contributed by atoms with E-state index < -0.39 is 24.1 Å². The number of anilines is 1. The summed E-state index contributed by atoms with van der Waals surface area (Å²) < 4.78 is 19.4. The smallest absolute Gasteiger partial charge is 0.249 e. The van der Waals surface area contributed by atoms with Gasteiger partial charge in [0.25, 0.3) is 0 Å². The van der Waals surface area contributed by atoms with Crippen LogP contribution in [0.5, 0.6) is 5.75 Å². The van der Waals surface area contributed by atoms with Crippen molar-refractivity contribution in [2.75, 3.05) is 5.32 Å². The summed E-state index contributed by atoms with van der Waals surface area (Å²) in [6.07, 6.45) is 0.868. The molecule has 0 aliphatic heterocycles. The minimum absolute atomic E-state index is 0.00199. The Kier molecular flexibility index (Phi) is 7.65. The second-order valence-electron chi connectivity index (χ2n) is 6.59. The van der Waals surface area contributed by atoms with Gasteiger partial charge in [-0.3, -0.25) is 9.59 Å². The van der Waals surface area contributed by atoms with Gasteiger partial charge in [0.2, 0.25) is 11.8 Å². The van der Waals surface area contributed by atoms with Gasteiger partial charge >= 0.3 is 0 Å². The fraction of sp³-hybridized carbons (Fsp3) is 0.0833. The Labute approximate surface area is 184 Å². The first-order valence-corrected chi connectivity index (χ1v) is 9.63. The van der Waals surface area contributed by atoms with Crippen LogP contribution in [0.4, 0.5) is 10.1 Å². The second kappa shape index (κ2) is 11.0. The predicted octanol–water partition coefficient (Wildman–Crippen LogP) is 3.76. The molecule has 0 atom stereocenters. The third kappa shape index (κ3) is 6.24. The van der Waals surface area contributed by atoms with Gasteiger partial charge in [-0.1, -0.05) is 42.5 Å². The van der Waals surface area contributed by atoms with Crippen LogP contribution in [0.2, 0.25) is 0 Å². The Morgan fingerprint density at radius 3 is 2.53 bits per heavy atom. The maximum Gasteiger partial charge on any atom is 0.249 e. The van der Waals surface area contributed by atoms with Crippen LogP contribution in [0.1, 0.15) is 23.1 Å². The molecular weight excluding hydrogens is 411 g/mol. The highest BCUT2D eigenvalue weighted by atomic mass is 19.1. The lowest BCUT2D eigenvalue weighted by atomic mass is 10.1. The molecule has 2 N–H and O–H groups in total. The molecule has 3 rings (SSSR count). The zero-order valence-corrected chi connectivity index (χ0v) is 16.9. The lowest BCUT2D eigenvalue weighted by Crippen LogP contribution is -2.25. The van der Waals surface area contributed by atoms with Gasteiger partial charge < -0.3 is 10.1 Å². The number of halogens is 1. The van der Waals surface area contributed by atoms with Gasteiger partial charge in [0.15, 0.2) is 0 Å².